The molecule has 0 spiro atoms. The first-order valence-electron chi connectivity index (χ1n) is 8.80. The van der Waals surface area contributed by atoms with Gasteiger partial charge in [-0.3, -0.25) is 9.80 Å². The average Bonchev–Trinajstić information content (AvgIpc) is 3.28. The number of halogens is 1. The predicted molar refractivity (Wildman–Crippen MR) is 99.2 cm³/mol. The highest BCUT2D eigenvalue weighted by Gasteiger charge is 2.18. The molecule has 5 nitrogen and oxygen atoms in total. The standard InChI is InChI=1S/C19H21FN4OS/c20-17-4-2-15(3-5-17)12-23-7-1-8-24(10-9-23)13-18-21-19(22-25-18)16-6-11-26-14-16/h2-6,11,14H,1,7-10,12-13H2. The van der Waals surface area contributed by atoms with Crippen LogP contribution in [0.4, 0.5) is 4.39 Å². The molecular formula is C19H21FN4OS. The van der Waals surface area contributed by atoms with E-state index >= 15 is 0 Å². The summed E-state index contributed by atoms with van der Waals surface area (Å²) >= 11 is 1.63. The molecule has 0 amide bonds. The molecule has 1 saturated heterocycles. The number of thiophene rings is 1. The van der Waals surface area contributed by atoms with Crippen LogP contribution in [0.3, 0.4) is 0 Å². The summed E-state index contributed by atoms with van der Waals surface area (Å²) < 4.78 is 18.5. The third-order valence-electron chi connectivity index (χ3n) is 4.61. The van der Waals surface area contributed by atoms with Crippen molar-refractivity contribution in [3.05, 3.63) is 58.4 Å². The molecule has 1 aliphatic rings. The van der Waals surface area contributed by atoms with E-state index in [4.69, 9.17) is 4.52 Å². The van der Waals surface area contributed by atoms with Crippen molar-refractivity contribution in [1.82, 2.24) is 19.9 Å². The summed E-state index contributed by atoms with van der Waals surface area (Å²) in [5.41, 5.74) is 2.16. The Morgan fingerprint density at radius 1 is 1.00 bits per heavy atom. The molecule has 1 fully saturated rings. The molecule has 4 rings (SSSR count). The molecule has 0 N–H and O–H groups in total. The lowest BCUT2D eigenvalue weighted by atomic mass is 10.2. The first-order valence-corrected chi connectivity index (χ1v) is 9.75. The summed E-state index contributed by atoms with van der Waals surface area (Å²) in [6, 6.07) is 8.78. The van der Waals surface area contributed by atoms with Crippen molar-refractivity contribution in [2.75, 3.05) is 26.2 Å². The van der Waals surface area contributed by atoms with E-state index in [1.165, 1.54) is 12.1 Å². The van der Waals surface area contributed by atoms with Gasteiger partial charge in [-0.05, 0) is 48.7 Å². The maximum Gasteiger partial charge on any atom is 0.241 e. The van der Waals surface area contributed by atoms with Crippen LogP contribution in [-0.2, 0) is 13.1 Å². The lowest BCUT2D eigenvalue weighted by Crippen LogP contribution is -2.30. The van der Waals surface area contributed by atoms with Gasteiger partial charge < -0.3 is 4.52 Å². The van der Waals surface area contributed by atoms with Crippen LogP contribution in [0.2, 0.25) is 0 Å². The summed E-state index contributed by atoms with van der Waals surface area (Å²) in [5, 5.41) is 8.11. The summed E-state index contributed by atoms with van der Waals surface area (Å²) in [6.45, 7) is 5.52. The van der Waals surface area contributed by atoms with Crippen molar-refractivity contribution in [2.24, 2.45) is 0 Å². The second-order valence-corrected chi connectivity index (χ2v) is 7.34. The molecule has 0 bridgehead atoms. The van der Waals surface area contributed by atoms with Gasteiger partial charge in [-0.15, -0.1) is 0 Å². The van der Waals surface area contributed by atoms with Gasteiger partial charge >= 0.3 is 0 Å². The zero-order chi connectivity index (χ0) is 17.8. The number of rotatable bonds is 5. The van der Waals surface area contributed by atoms with Gasteiger partial charge in [0.2, 0.25) is 11.7 Å². The molecule has 0 saturated carbocycles. The number of benzene rings is 1. The molecule has 3 heterocycles. The molecule has 3 aromatic rings. The molecule has 2 aromatic heterocycles. The smallest absolute Gasteiger partial charge is 0.241 e. The Bertz CT molecular complexity index is 818. The minimum atomic E-state index is -0.183. The van der Waals surface area contributed by atoms with E-state index in [-0.39, 0.29) is 5.82 Å². The third kappa shape index (κ3) is 4.35. The van der Waals surface area contributed by atoms with Crippen molar-refractivity contribution in [2.45, 2.75) is 19.5 Å². The van der Waals surface area contributed by atoms with Crippen LogP contribution in [0.15, 0.2) is 45.6 Å². The van der Waals surface area contributed by atoms with E-state index in [0.717, 1.165) is 50.3 Å². The number of hydrogen-bond donors (Lipinski definition) is 0. The van der Waals surface area contributed by atoms with Crippen LogP contribution < -0.4 is 0 Å². The highest BCUT2D eigenvalue weighted by molar-refractivity contribution is 7.08. The lowest BCUT2D eigenvalue weighted by Gasteiger charge is -2.20. The fourth-order valence-corrected chi connectivity index (χ4v) is 3.84. The van der Waals surface area contributed by atoms with E-state index in [1.54, 1.807) is 11.3 Å². The van der Waals surface area contributed by atoms with Crippen molar-refractivity contribution < 1.29 is 8.91 Å². The molecule has 0 unspecified atom stereocenters. The molecule has 136 valence electrons. The van der Waals surface area contributed by atoms with Crippen molar-refractivity contribution in [3.8, 4) is 11.4 Å². The maximum atomic E-state index is 13.0. The number of aromatic nitrogens is 2. The van der Waals surface area contributed by atoms with Gasteiger partial charge in [0.25, 0.3) is 0 Å². The van der Waals surface area contributed by atoms with Gasteiger partial charge in [0.15, 0.2) is 0 Å². The van der Waals surface area contributed by atoms with Crippen LogP contribution in [0, 0.1) is 5.82 Å². The summed E-state index contributed by atoms with van der Waals surface area (Å²) in [6.07, 6.45) is 1.09. The van der Waals surface area contributed by atoms with E-state index in [1.807, 2.05) is 29.0 Å². The summed E-state index contributed by atoms with van der Waals surface area (Å²) in [7, 11) is 0. The minimum absolute atomic E-state index is 0.183. The van der Waals surface area contributed by atoms with Crippen molar-refractivity contribution in [3.63, 3.8) is 0 Å². The first-order chi connectivity index (χ1) is 12.8. The Labute approximate surface area is 156 Å². The van der Waals surface area contributed by atoms with Crippen LogP contribution in [0.1, 0.15) is 17.9 Å². The highest BCUT2D eigenvalue weighted by Crippen LogP contribution is 2.19. The molecule has 1 aliphatic heterocycles. The largest absolute Gasteiger partial charge is 0.338 e. The Kier molecular flexibility index (Phi) is 5.38. The Morgan fingerprint density at radius 2 is 1.77 bits per heavy atom. The molecule has 1 aromatic carbocycles. The Morgan fingerprint density at radius 3 is 2.50 bits per heavy atom. The zero-order valence-electron chi connectivity index (χ0n) is 14.5. The van der Waals surface area contributed by atoms with Gasteiger partial charge in [-0.1, -0.05) is 17.3 Å². The number of nitrogens with zero attached hydrogens (tertiary/aromatic N) is 4. The van der Waals surface area contributed by atoms with E-state index < -0.39 is 0 Å². The highest BCUT2D eigenvalue weighted by atomic mass is 32.1. The van der Waals surface area contributed by atoms with Crippen LogP contribution in [0.25, 0.3) is 11.4 Å². The molecule has 0 aliphatic carbocycles. The quantitative estimate of drug-likeness (QED) is 0.684. The number of hydrogen-bond acceptors (Lipinski definition) is 6. The fourth-order valence-electron chi connectivity index (χ4n) is 3.21. The van der Waals surface area contributed by atoms with Crippen LogP contribution >= 0.6 is 11.3 Å². The Balaban J connectivity index is 1.31. The normalized spacial score (nSPS) is 16.7. The predicted octanol–water partition coefficient (Wildman–Crippen LogP) is 3.65. The topological polar surface area (TPSA) is 45.4 Å². The lowest BCUT2D eigenvalue weighted by molar-refractivity contribution is 0.222. The fraction of sp³-hybridized carbons (Fsp3) is 0.368. The SMILES string of the molecule is Fc1ccc(CN2CCCN(Cc3nc(-c4ccsc4)no3)CC2)cc1. The molecule has 26 heavy (non-hydrogen) atoms. The summed E-state index contributed by atoms with van der Waals surface area (Å²) in [5.74, 6) is 1.14. The maximum absolute atomic E-state index is 13.0. The van der Waals surface area contributed by atoms with Gasteiger partial charge in [0, 0.05) is 30.6 Å². The second-order valence-electron chi connectivity index (χ2n) is 6.56. The molecule has 7 heteroatoms. The third-order valence-corrected chi connectivity index (χ3v) is 5.29. The summed E-state index contributed by atoms with van der Waals surface area (Å²) in [4.78, 5) is 9.28. The van der Waals surface area contributed by atoms with Crippen LogP contribution in [0.5, 0.6) is 0 Å². The zero-order valence-corrected chi connectivity index (χ0v) is 15.3. The van der Waals surface area contributed by atoms with Crippen LogP contribution in [-0.4, -0.2) is 46.1 Å². The van der Waals surface area contributed by atoms with E-state index in [9.17, 15) is 4.39 Å². The van der Waals surface area contributed by atoms with E-state index in [0.29, 0.717) is 18.3 Å². The first kappa shape index (κ1) is 17.3. The van der Waals surface area contributed by atoms with Crippen molar-refractivity contribution in [1.29, 1.82) is 0 Å². The van der Waals surface area contributed by atoms with E-state index in [2.05, 4.69) is 19.9 Å². The second kappa shape index (κ2) is 8.07. The average molecular weight is 372 g/mol. The van der Waals surface area contributed by atoms with Crippen molar-refractivity contribution >= 4 is 11.3 Å². The molecular weight excluding hydrogens is 351 g/mol. The van der Waals surface area contributed by atoms with Gasteiger partial charge in [-0.25, -0.2) is 4.39 Å². The van der Waals surface area contributed by atoms with Gasteiger partial charge in [0.1, 0.15) is 5.82 Å². The molecule has 0 radical (unpaired) electrons. The van der Waals surface area contributed by atoms with Gasteiger partial charge in [0.05, 0.1) is 6.54 Å². The monoisotopic (exact) mass is 372 g/mol. The Hall–Kier alpha value is -2.09. The van der Waals surface area contributed by atoms with Gasteiger partial charge in [-0.2, -0.15) is 16.3 Å². The molecule has 0 atom stereocenters. The minimum Gasteiger partial charge on any atom is -0.338 e.